The van der Waals surface area contributed by atoms with Gasteiger partial charge in [0.25, 0.3) is 0 Å². The van der Waals surface area contributed by atoms with Crippen LogP contribution in [0.3, 0.4) is 0 Å². The van der Waals surface area contributed by atoms with Crippen molar-refractivity contribution in [3.05, 3.63) is 276 Å². The highest BCUT2D eigenvalue weighted by Gasteiger charge is 2.64. The zero-order valence-electron chi connectivity index (χ0n) is 36.1. The summed E-state index contributed by atoms with van der Waals surface area (Å²) in [6.45, 7) is 0. The van der Waals surface area contributed by atoms with Gasteiger partial charge in [0, 0.05) is 26.8 Å². The average molecular weight is 1270 g/mol. The summed E-state index contributed by atoms with van der Waals surface area (Å²) in [4.78, 5) is 0. The Kier molecular flexibility index (Phi) is 8.11. The molecule has 0 bridgehead atoms. The summed E-state index contributed by atoms with van der Waals surface area (Å²) in [7, 11) is 0. The molecule has 69 heavy (non-hydrogen) atoms. The normalized spacial score (nSPS) is 15.7. The van der Waals surface area contributed by atoms with Gasteiger partial charge in [0.1, 0.15) is 0 Å². The van der Waals surface area contributed by atoms with Crippen molar-refractivity contribution in [1.82, 2.24) is 0 Å². The van der Waals surface area contributed by atoms with Crippen LogP contribution in [0.25, 0.3) is 66.8 Å². The van der Waals surface area contributed by atoms with E-state index in [2.05, 4.69) is 278 Å². The van der Waals surface area contributed by atoms with Gasteiger partial charge in [0.05, 0.1) is 16.2 Å². The molecule has 0 saturated carbocycles. The predicted octanol–water partition coefficient (Wildman–Crippen LogP) is 19.3. The summed E-state index contributed by atoms with van der Waals surface area (Å²) < 4.78 is 6.41. The van der Waals surface area contributed by atoms with Crippen LogP contribution in [0.15, 0.2) is 209 Å². The molecule has 10 aromatic rings. The monoisotopic (exact) mass is 1260 g/mol. The standard InChI is InChI=1S/C63H30Br6/c64-31-13-19-37-38-20-14-32(65)26-50(38)61(49(37)25-31)46-10-4-1-7-43(46)55-58(61)56-45-9-3-6-12-48(45)63(53-29-35(68)17-23-41(53)42-24-18-36(69)30-54(42)63)60(56)57-44-8-2-5-11-47(44)62(59(55)57)51-27-33(66)15-21-39(51)40-22-16-34(67)28-52(40)62/h1-30H. The lowest BCUT2D eigenvalue weighted by Crippen LogP contribution is -2.31. The van der Waals surface area contributed by atoms with Gasteiger partial charge in [-0.25, -0.2) is 0 Å². The van der Waals surface area contributed by atoms with E-state index >= 15 is 0 Å². The molecule has 0 amide bonds. The molecule has 0 aromatic heterocycles. The molecule has 0 atom stereocenters. The first kappa shape index (κ1) is 40.8. The van der Waals surface area contributed by atoms with Crippen molar-refractivity contribution < 1.29 is 0 Å². The van der Waals surface area contributed by atoms with E-state index in [1.807, 2.05) is 0 Å². The fraction of sp³-hybridized carbons (Fsp3) is 0.0476. The maximum Gasteiger partial charge on any atom is 0.0732 e. The van der Waals surface area contributed by atoms with Crippen molar-refractivity contribution >= 4 is 95.6 Å². The Bertz CT molecular complexity index is 3530. The van der Waals surface area contributed by atoms with Crippen LogP contribution in [0.2, 0.25) is 0 Å². The second-order valence-electron chi connectivity index (χ2n) is 19.3. The first-order chi connectivity index (χ1) is 33.7. The van der Waals surface area contributed by atoms with Crippen LogP contribution in [0.4, 0.5) is 0 Å². The van der Waals surface area contributed by atoms with Crippen molar-refractivity contribution in [3.8, 4) is 66.8 Å². The molecule has 0 aliphatic heterocycles. The fourth-order valence-electron chi connectivity index (χ4n) is 14.7. The molecule has 0 radical (unpaired) electrons. The van der Waals surface area contributed by atoms with Crippen molar-refractivity contribution in [2.24, 2.45) is 0 Å². The Morgan fingerprint density at radius 1 is 0.203 bits per heavy atom. The number of benzene rings is 10. The maximum atomic E-state index is 4.06. The quantitative estimate of drug-likeness (QED) is 0.142. The lowest BCUT2D eigenvalue weighted by atomic mass is 9.63. The van der Waals surface area contributed by atoms with E-state index < -0.39 is 16.2 Å². The van der Waals surface area contributed by atoms with Crippen LogP contribution in [0.1, 0.15) is 66.8 Å². The number of fused-ring (bicyclic) bond motifs is 33. The second kappa shape index (κ2) is 13.7. The molecule has 0 N–H and O–H groups in total. The molecule has 10 aromatic carbocycles. The van der Waals surface area contributed by atoms with Crippen LogP contribution in [0, 0.1) is 0 Å². The molecule has 6 aliphatic rings. The van der Waals surface area contributed by atoms with Gasteiger partial charge < -0.3 is 0 Å². The van der Waals surface area contributed by atoms with Crippen LogP contribution in [0.5, 0.6) is 0 Å². The third kappa shape index (κ3) is 4.60. The molecule has 3 spiro atoms. The Labute approximate surface area is 449 Å². The van der Waals surface area contributed by atoms with Crippen molar-refractivity contribution in [2.45, 2.75) is 16.2 Å². The molecule has 6 aliphatic carbocycles. The minimum absolute atomic E-state index is 0.699. The van der Waals surface area contributed by atoms with E-state index in [9.17, 15) is 0 Å². The average Bonchev–Trinajstić information content (AvgIpc) is 4.14. The van der Waals surface area contributed by atoms with Gasteiger partial charge in [-0.15, -0.1) is 0 Å². The maximum absolute atomic E-state index is 4.06. The molecule has 0 heterocycles. The summed E-state index contributed by atoms with van der Waals surface area (Å²) in [5.41, 5.74) is 29.2. The van der Waals surface area contributed by atoms with E-state index in [0.29, 0.717) is 0 Å². The first-order valence-corrected chi connectivity index (χ1v) is 27.8. The van der Waals surface area contributed by atoms with Crippen LogP contribution < -0.4 is 0 Å². The fourth-order valence-corrected chi connectivity index (χ4v) is 16.8. The Balaban J connectivity index is 1.25. The molecule has 6 heteroatoms. The van der Waals surface area contributed by atoms with Crippen molar-refractivity contribution in [1.29, 1.82) is 0 Å². The zero-order valence-corrected chi connectivity index (χ0v) is 45.6. The third-order valence-electron chi connectivity index (χ3n) is 16.6. The van der Waals surface area contributed by atoms with Crippen molar-refractivity contribution in [3.63, 3.8) is 0 Å². The molecular weight excluding hydrogens is 1240 g/mol. The van der Waals surface area contributed by atoms with Gasteiger partial charge in [0.15, 0.2) is 0 Å². The second-order valence-corrected chi connectivity index (χ2v) is 24.8. The van der Waals surface area contributed by atoms with E-state index in [4.69, 9.17) is 0 Å². The van der Waals surface area contributed by atoms with Crippen LogP contribution in [-0.4, -0.2) is 0 Å². The van der Waals surface area contributed by atoms with E-state index in [0.717, 1.165) is 26.8 Å². The Morgan fingerprint density at radius 2 is 0.406 bits per heavy atom. The Hall–Kier alpha value is -4.92. The SMILES string of the molecule is Brc1ccc2c(c1)C1(c3cc(Br)ccc3-2)c2ccccc2-c2c1c1c(c3c2C2(c4cc(Br)ccc4-c4ccc(Br)cc42)c2ccccc2-3)C2(c3cc(Br)ccc3-c3ccc(Br)cc32)c2ccccc2-1. The van der Waals surface area contributed by atoms with Crippen LogP contribution >= 0.6 is 95.6 Å². The molecule has 0 unspecified atom stereocenters. The van der Waals surface area contributed by atoms with Gasteiger partial charge in [-0.3, -0.25) is 0 Å². The first-order valence-electron chi connectivity index (χ1n) is 23.0. The zero-order chi connectivity index (χ0) is 46.0. The van der Waals surface area contributed by atoms with Crippen LogP contribution in [-0.2, 0) is 16.2 Å². The van der Waals surface area contributed by atoms with Gasteiger partial charge in [-0.1, -0.05) is 205 Å². The summed E-state index contributed by atoms with van der Waals surface area (Å²) in [5, 5.41) is 0. The highest BCUT2D eigenvalue weighted by atomic mass is 79.9. The number of halogens is 6. The third-order valence-corrected chi connectivity index (χ3v) is 19.6. The molecule has 324 valence electrons. The van der Waals surface area contributed by atoms with E-state index in [1.165, 1.54) is 134 Å². The molecule has 0 fully saturated rings. The lowest BCUT2D eigenvalue weighted by molar-refractivity contribution is 0.763. The number of rotatable bonds is 0. The van der Waals surface area contributed by atoms with Gasteiger partial charge in [-0.2, -0.15) is 0 Å². The Morgan fingerprint density at radius 3 is 0.623 bits per heavy atom. The number of hydrogen-bond donors (Lipinski definition) is 0. The summed E-state index contributed by atoms with van der Waals surface area (Å²) >= 11 is 24.4. The minimum atomic E-state index is -0.699. The van der Waals surface area contributed by atoms with E-state index in [-0.39, 0.29) is 0 Å². The lowest BCUT2D eigenvalue weighted by Gasteiger charge is -2.38. The highest BCUT2D eigenvalue weighted by Crippen LogP contribution is 2.77. The smallest absolute Gasteiger partial charge is 0.0619 e. The molecule has 0 saturated heterocycles. The molecular formula is C63H30Br6. The van der Waals surface area contributed by atoms with Gasteiger partial charge in [0.2, 0.25) is 0 Å². The molecule has 0 nitrogen and oxygen atoms in total. The largest absolute Gasteiger partial charge is 0.0732 e. The van der Waals surface area contributed by atoms with Crippen molar-refractivity contribution in [2.75, 3.05) is 0 Å². The minimum Gasteiger partial charge on any atom is -0.0619 e. The summed E-state index contributed by atoms with van der Waals surface area (Å²) in [6, 6.07) is 70.2. The van der Waals surface area contributed by atoms with Gasteiger partial charge in [-0.05, 0) is 206 Å². The topological polar surface area (TPSA) is 0 Å². The van der Waals surface area contributed by atoms with Gasteiger partial charge >= 0.3 is 0 Å². The summed E-state index contributed by atoms with van der Waals surface area (Å²) in [5.74, 6) is 0. The number of hydrogen-bond acceptors (Lipinski definition) is 0. The van der Waals surface area contributed by atoms with E-state index in [1.54, 1.807) is 0 Å². The predicted molar refractivity (Wildman–Crippen MR) is 302 cm³/mol. The highest BCUT2D eigenvalue weighted by molar-refractivity contribution is 9.11. The summed E-state index contributed by atoms with van der Waals surface area (Å²) in [6.07, 6.45) is 0. The molecule has 16 rings (SSSR count).